The second-order valence-corrected chi connectivity index (χ2v) is 3.90. The van der Waals surface area contributed by atoms with Gasteiger partial charge in [0.2, 0.25) is 5.95 Å². The summed E-state index contributed by atoms with van der Waals surface area (Å²) in [5.74, 6) is -0.237. The van der Waals surface area contributed by atoms with Crippen molar-refractivity contribution in [2.75, 3.05) is 0 Å². The number of hydrogen-bond acceptors (Lipinski definition) is 2. The molecule has 76 valence electrons. The van der Waals surface area contributed by atoms with Crippen LogP contribution in [0.4, 0.5) is 4.39 Å². The van der Waals surface area contributed by atoms with E-state index in [-0.39, 0.29) is 18.0 Å². The molecule has 2 nitrogen and oxygen atoms in total. The summed E-state index contributed by atoms with van der Waals surface area (Å²) in [5, 5.41) is 9.49. The summed E-state index contributed by atoms with van der Waals surface area (Å²) < 4.78 is 13.3. The Morgan fingerprint density at radius 1 is 1.43 bits per heavy atom. The van der Waals surface area contributed by atoms with Gasteiger partial charge in [0, 0.05) is 11.8 Å². The molecule has 1 aromatic rings. The number of halogens is 1. The van der Waals surface area contributed by atoms with Gasteiger partial charge in [-0.1, -0.05) is 12.5 Å². The smallest absolute Gasteiger partial charge is 0.216 e. The first-order chi connectivity index (χ1) is 6.77. The molecule has 1 N–H and O–H groups in total. The van der Waals surface area contributed by atoms with Crippen LogP contribution in [0.2, 0.25) is 0 Å². The van der Waals surface area contributed by atoms with E-state index < -0.39 is 0 Å². The van der Waals surface area contributed by atoms with Crippen LogP contribution in [0.15, 0.2) is 18.3 Å². The number of aliphatic hydroxyl groups is 1. The first-order valence-corrected chi connectivity index (χ1v) is 5.06. The van der Waals surface area contributed by atoms with Gasteiger partial charge in [0.15, 0.2) is 0 Å². The second-order valence-electron chi connectivity index (χ2n) is 3.90. The molecule has 1 heterocycles. The maximum atomic E-state index is 13.3. The van der Waals surface area contributed by atoms with Gasteiger partial charge in [0.1, 0.15) is 0 Å². The van der Waals surface area contributed by atoms with Gasteiger partial charge in [-0.05, 0) is 31.2 Å². The zero-order valence-corrected chi connectivity index (χ0v) is 7.99. The first kappa shape index (κ1) is 9.59. The molecule has 3 heteroatoms. The average Bonchev–Trinajstić information content (AvgIpc) is 2.18. The summed E-state index contributed by atoms with van der Waals surface area (Å²) in [7, 11) is 0. The first-order valence-electron chi connectivity index (χ1n) is 5.06. The topological polar surface area (TPSA) is 33.1 Å². The van der Waals surface area contributed by atoms with Gasteiger partial charge in [-0.25, -0.2) is 4.98 Å². The third-order valence-corrected chi connectivity index (χ3v) is 2.87. The summed E-state index contributed by atoms with van der Waals surface area (Å²) in [5.41, 5.74) is 0.659. The number of nitrogens with zero attached hydrogens (tertiary/aromatic N) is 1. The monoisotopic (exact) mass is 195 g/mol. The van der Waals surface area contributed by atoms with Crippen LogP contribution in [0, 0.1) is 5.95 Å². The van der Waals surface area contributed by atoms with E-state index in [9.17, 15) is 9.50 Å². The Kier molecular flexibility index (Phi) is 2.77. The van der Waals surface area contributed by atoms with E-state index >= 15 is 0 Å². The summed E-state index contributed by atoms with van der Waals surface area (Å²) in [6, 6.07) is 3.52. The van der Waals surface area contributed by atoms with Crippen LogP contribution in [0.5, 0.6) is 0 Å². The Balaban J connectivity index is 2.18. The van der Waals surface area contributed by atoms with Crippen molar-refractivity contribution < 1.29 is 9.50 Å². The van der Waals surface area contributed by atoms with Crippen LogP contribution < -0.4 is 0 Å². The van der Waals surface area contributed by atoms with E-state index in [0.717, 1.165) is 19.3 Å². The van der Waals surface area contributed by atoms with E-state index in [4.69, 9.17) is 0 Å². The third kappa shape index (κ3) is 1.93. The molecule has 0 saturated heterocycles. The molecule has 0 aliphatic heterocycles. The van der Waals surface area contributed by atoms with Crippen LogP contribution in [0.1, 0.15) is 37.2 Å². The molecule has 2 rings (SSSR count). The number of rotatable bonds is 1. The van der Waals surface area contributed by atoms with Gasteiger partial charge in [0.05, 0.1) is 6.10 Å². The van der Waals surface area contributed by atoms with Crippen molar-refractivity contribution >= 4 is 0 Å². The van der Waals surface area contributed by atoms with Gasteiger partial charge in [-0.3, -0.25) is 0 Å². The highest BCUT2D eigenvalue weighted by Crippen LogP contribution is 2.33. The normalized spacial score (nSPS) is 27.6. The summed E-state index contributed by atoms with van der Waals surface area (Å²) in [4.78, 5) is 3.63. The Hall–Kier alpha value is -0.960. The second kappa shape index (κ2) is 4.05. The molecule has 0 radical (unpaired) electrons. The van der Waals surface area contributed by atoms with Crippen molar-refractivity contribution in [2.24, 2.45) is 0 Å². The molecular weight excluding hydrogens is 181 g/mol. The van der Waals surface area contributed by atoms with E-state index in [1.807, 2.05) is 0 Å². The molecule has 1 fully saturated rings. The van der Waals surface area contributed by atoms with Gasteiger partial charge < -0.3 is 5.11 Å². The summed E-state index contributed by atoms with van der Waals surface area (Å²) in [6.07, 6.45) is 4.63. The predicted molar refractivity (Wildman–Crippen MR) is 51.4 cm³/mol. The Labute approximate surface area is 82.8 Å². The summed E-state index contributed by atoms with van der Waals surface area (Å²) in [6.45, 7) is 0. The molecule has 0 spiro atoms. The van der Waals surface area contributed by atoms with Gasteiger partial charge in [-0.15, -0.1) is 0 Å². The minimum Gasteiger partial charge on any atom is -0.393 e. The molecule has 1 aliphatic rings. The SMILES string of the molecule is OC1CCCC(c2cccnc2F)C1. The van der Waals surface area contributed by atoms with E-state index in [1.54, 1.807) is 12.1 Å². The lowest BCUT2D eigenvalue weighted by atomic mass is 9.83. The Morgan fingerprint density at radius 2 is 2.29 bits per heavy atom. The predicted octanol–water partition coefficient (Wildman–Crippen LogP) is 2.24. The molecule has 2 atom stereocenters. The fourth-order valence-corrected chi connectivity index (χ4v) is 2.15. The van der Waals surface area contributed by atoms with Crippen molar-refractivity contribution in [1.82, 2.24) is 4.98 Å². The number of aromatic nitrogens is 1. The molecular formula is C11H14FNO. The molecule has 0 amide bonds. The van der Waals surface area contributed by atoms with Gasteiger partial charge >= 0.3 is 0 Å². The van der Waals surface area contributed by atoms with Crippen LogP contribution in [0.25, 0.3) is 0 Å². The lowest BCUT2D eigenvalue weighted by Crippen LogP contribution is -2.19. The minimum absolute atomic E-state index is 0.146. The van der Waals surface area contributed by atoms with Crippen LogP contribution in [-0.4, -0.2) is 16.2 Å². The van der Waals surface area contributed by atoms with Crippen LogP contribution >= 0.6 is 0 Å². The summed E-state index contributed by atoms with van der Waals surface area (Å²) >= 11 is 0. The van der Waals surface area contributed by atoms with Crippen molar-refractivity contribution in [2.45, 2.75) is 37.7 Å². The third-order valence-electron chi connectivity index (χ3n) is 2.87. The fourth-order valence-electron chi connectivity index (χ4n) is 2.15. The van der Waals surface area contributed by atoms with Crippen molar-refractivity contribution in [3.63, 3.8) is 0 Å². The quantitative estimate of drug-likeness (QED) is 0.697. The minimum atomic E-state index is -0.383. The van der Waals surface area contributed by atoms with E-state index in [2.05, 4.69) is 4.98 Å². The maximum absolute atomic E-state index is 13.3. The zero-order chi connectivity index (χ0) is 9.97. The molecule has 0 aromatic carbocycles. The fraction of sp³-hybridized carbons (Fsp3) is 0.545. The number of aliphatic hydroxyl groups excluding tert-OH is 1. The van der Waals surface area contributed by atoms with Crippen molar-refractivity contribution in [3.8, 4) is 0 Å². The molecule has 0 bridgehead atoms. The molecule has 1 aromatic heterocycles. The Bertz CT molecular complexity index is 316. The lowest BCUT2D eigenvalue weighted by molar-refractivity contribution is 0.118. The van der Waals surface area contributed by atoms with E-state index in [1.165, 1.54) is 6.20 Å². The average molecular weight is 195 g/mol. The molecule has 2 unspecified atom stereocenters. The van der Waals surface area contributed by atoms with Crippen LogP contribution in [0.3, 0.4) is 0 Å². The number of pyridine rings is 1. The highest BCUT2D eigenvalue weighted by Gasteiger charge is 2.23. The largest absolute Gasteiger partial charge is 0.393 e. The standard InChI is InChI=1S/C11H14FNO/c12-11-10(5-2-6-13-11)8-3-1-4-9(14)7-8/h2,5-6,8-9,14H,1,3-4,7H2. The van der Waals surface area contributed by atoms with Gasteiger partial charge in [-0.2, -0.15) is 4.39 Å². The maximum Gasteiger partial charge on any atom is 0.216 e. The van der Waals surface area contributed by atoms with Crippen molar-refractivity contribution in [3.05, 3.63) is 29.8 Å². The van der Waals surface area contributed by atoms with Crippen LogP contribution in [-0.2, 0) is 0 Å². The lowest BCUT2D eigenvalue weighted by Gasteiger charge is -2.25. The highest BCUT2D eigenvalue weighted by molar-refractivity contribution is 5.17. The highest BCUT2D eigenvalue weighted by atomic mass is 19.1. The molecule has 1 saturated carbocycles. The molecule has 14 heavy (non-hydrogen) atoms. The number of hydrogen-bond donors (Lipinski definition) is 1. The van der Waals surface area contributed by atoms with Gasteiger partial charge in [0.25, 0.3) is 0 Å². The van der Waals surface area contributed by atoms with Crippen molar-refractivity contribution in [1.29, 1.82) is 0 Å². The zero-order valence-electron chi connectivity index (χ0n) is 7.99. The Morgan fingerprint density at radius 3 is 3.00 bits per heavy atom. The molecule has 1 aliphatic carbocycles. The van der Waals surface area contributed by atoms with E-state index in [0.29, 0.717) is 12.0 Å².